The number of methoxy groups -OCH3 is 1. The Labute approximate surface area is 113 Å². The zero-order valence-corrected chi connectivity index (χ0v) is 11.3. The molecule has 0 saturated heterocycles. The van der Waals surface area contributed by atoms with E-state index in [0.29, 0.717) is 18.6 Å². The summed E-state index contributed by atoms with van der Waals surface area (Å²) in [5.74, 6) is 0.593. The van der Waals surface area contributed by atoms with Gasteiger partial charge in [-0.2, -0.15) is 5.26 Å². The van der Waals surface area contributed by atoms with Crippen LogP contribution < -0.4 is 9.64 Å². The summed E-state index contributed by atoms with van der Waals surface area (Å²) in [7, 11) is 3.31. The van der Waals surface area contributed by atoms with Crippen molar-refractivity contribution in [2.75, 3.05) is 19.1 Å². The second-order valence-corrected chi connectivity index (χ2v) is 4.97. The van der Waals surface area contributed by atoms with Gasteiger partial charge in [0.05, 0.1) is 13.2 Å². The number of hydrogen-bond donors (Lipinski definition) is 0. The Balaban J connectivity index is 2.25. The van der Waals surface area contributed by atoms with E-state index in [-0.39, 0.29) is 5.91 Å². The van der Waals surface area contributed by atoms with Gasteiger partial charge in [0.25, 0.3) is 0 Å². The Hall–Kier alpha value is -2.02. The molecule has 0 unspecified atom stereocenters. The van der Waals surface area contributed by atoms with E-state index in [1.165, 1.54) is 0 Å². The summed E-state index contributed by atoms with van der Waals surface area (Å²) in [5.41, 5.74) is -0.0800. The number of anilines is 1. The molecular formula is C15H18N2O2. The number of rotatable bonds is 3. The molecule has 4 nitrogen and oxygen atoms in total. The maximum Gasteiger partial charge on any atom is 0.247 e. The van der Waals surface area contributed by atoms with Crippen molar-refractivity contribution in [1.82, 2.24) is 0 Å². The van der Waals surface area contributed by atoms with Crippen LogP contribution in [-0.2, 0) is 4.79 Å². The number of ether oxygens (including phenoxy) is 1. The van der Waals surface area contributed by atoms with Crippen molar-refractivity contribution < 1.29 is 9.53 Å². The molecule has 1 aliphatic rings. The van der Waals surface area contributed by atoms with Gasteiger partial charge >= 0.3 is 0 Å². The molecule has 1 aliphatic carbocycles. The molecule has 0 radical (unpaired) electrons. The van der Waals surface area contributed by atoms with E-state index in [1.807, 2.05) is 18.2 Å². The molecule has 1 amide bonds. The Morgan fingerprint density at radius 1 is 1.42 bits per heavy atom. The molecule has 0 atom stereocenters. The molecule has 100 valence electrons. The fourth-order valence-electron chi connectivity index (χ4n) is 2.61. The summed E-state index contributed by atoms with van der Waals surface area (Å²) in [6.07, 6.45) is 3.23. The number of nitrogens with zero attached hydrogens (tertiary/aromatic N) is 2. The van der Waals surface area contributed by atoms with Crippen LogP contribution in [-0.4, -0.2) is 20.1 Å². The summed E-state index contributed by atoms with van der Waals surface area (Å²) in [6, 6.07) is 9.55. The lowest BCUT2D eigenvalue weighted by Gasteiger charge is -2.26. The summed E-state index contributed by atoms with van der Waals surface area (Å²) >= 11 is 0. The van der Waals surface area contributed by atoms with E-state index in [2.05, 4.69) is 6.07 Å². The van der Waals surface area contributed by atoms with Crippen LogP contribution >= 0.6 is 0 Å². The Bertz CT molecular complexity index is 513. The lowest BCUT2D eigenvalue weighted by atomic mass is 9.86. The van der Waals surface area contributed by atoms with Crippen molar-refractivity contribution in [2.24, 2.45) is 5.41 Å². The van der Waals surface area contributed by atoms with E-state index in [9.17, 15) is 10.1 Å². The van der Waals surface area contributed by atoms with Gasteiger partial charge in [-0.3, -0.25) is 4.79 Å². The molecule has 19 heavy (non-hydrogen) atoms. The second kappa shape index (κ2) is 5.31. The minimum atomic E-state index is -0.835. The van der Waals surface area contributed by atoms with E-state index < -0.39 is 5.41 Å². The summed E-state index contributed by atoms with van der Waals surface area (Å²) in [6.45, 7) is 0. The second-order valence-electron chi connectivity index (χ2n) is 4.97. The predicted molar refractivity (Wildman–Crippen MR) is 72.9 cm³/mol. The fourth-order valence-corrected chi connectivity index (χ4v) is 2.61. The van der Waals surface area contributed by atoms with Gasteiger partial charge in [-0.25, -0.2) is 0 Å². The smallest absolute Gasteiger partial charge is 0.247 e. The molecule has 4 heteroatoms. The maximum atomic E-state index is 12.6. The molecule has 1 aromatic rings. The summed E-state index contributed by atoms with van der Waals surface area (Å²) in [4.78, 5) is 14.1. The van der Waals surface area contributed by atoms with Crippen molar-refractivity contribution in [3.8, 4) is 11.8 Å². The monoisotopic (exact) mass is 258 g/mol. The van der Waals surface area contributed by atoms with Crippen LogP contribution in [0.3, 0.4) is 0 Å². The Morgan fingerprint density at radius 3 is 2.68 bits per heavy atom. The zero-order chi connectivity index (χ0) is 13.9. The standard InChI is InChI=1S/C15H18N2O2/c1-17(12-6-5-7-13(10-12)19-2)14(18)15(11-16)8-3-4-9-15/h5-7,10H,3-4,8-9H2,1-2H3. The first-order valence-electron chi connectivity index (χ1n) is 6.46. The number of carbonyl (C=O) groups excluding carboxylic acids is 1. The van der Waals surface area contributed by atoms with Crippen LogP contribution in [0.25, 0.3) is 0 Å². The Kier molecular flexibility index (Phi) is 3.75. The van der Waals surface area contributed by atoms with Crippen LogP contribution in [0.5, 0.6) is 5.75 Å². The van der Waals surface area contributed by atoms with Gasteiger partial charge in [-0.15, -0.1) is 0 Å². The average Bonchev–Trinajstić information content (AvgIpc) is 2.96. The highest BCUT2D eigenvalue weighted by Crippen LogP contribution is 2.39. The van der Waals surface area contributed by atoms with Gasteiger partial charge in [-0.1, -0.05) is 18.9 Å². The molecule has 2 rings (SSSR count). The number of amides is 1. The fraction of sp³-hybridized carbons (Fsp3) is 0.467. The quantitative estimate of drug-likeness (QED) is 0.837. The molecule has 0 aromatic heterocycles. The van der Waals surface area contributed by atoms with Crippen molar-refractivity contribution in [3.63, 3.8) is 0 Å². The lowest BCUT2D eigenvalue weighted by molar-refractivity contribution is -0.124. The predicted octanol–water partition coefficient (Wildman–Crippen LogP) is 2.74. The molecule has 1 fully saturated rings. The van der Waals surface area contributed by atoms with Gasteiger partial charge in [0.2, 0.25) is 5.91 Å². The first-order chi connectivity index (χ1) is 9.13. The van der Waals surface area contributed by atoms with E-state index in [1.54, 1.807) is 25.1 Å². The van der Waals surface area contributed by atoms with Crippen molar-refractivity contribution in [3.05, 3.63) is 24.3 Å². The van der Waals surface area contributed by atoms with Gasteiger partial charge in [0.1, 0.15) is 11.2 Å². The molecule has 0 bridgehead atoms. The number of benzene rings is 1. The van der Waals surface area contributed by atoms with Gasteiger partial charge in [0, 0.05) is 18.8 Å². The minimum Gasteiger partial charge on any atom is -0.497 e. The highest BCUT2D eigenvalue weighted by Gasteiger charge is 2.43. The third-order valence-electron chi connectivity index (χ3n) is 3.83. The first-order valence-corrected chi connectivity index (χ1v) is 6.46. The average molecular weight is 258 g/mol. The first kappa shape index (κ1) is 13.4. The van der Waals surface area contributed by atoms with Gasteiger partial charge in [-0.05, 0) is 25.0 Å². The molecule has 0 N–H and O–H groups in total. The van der Waals surface area contributed by atoms with Crippen molar-refractivity contribution >= 4 is 11.6 Å². The van der Waals surface area contributed by atoms with Crippen LogP contribution in [0, 0.1) is 16.7 Å². The van der Waals surface area contributed by atoms with Gasteiger partial charge < -0.3 is 9.64 Å². The number of carbonyl (C=O) groups is 1. The summed E-state index contributed by atoms with van der Waals surface area (Å²) < 4.78 is 5.16. The van der Waals surface area contributed by atoms with Crippen LogP contribution in [0.4, 0.5) is 5.69 Å². The highest BCUT2D eigenvalue weighted by atomic mass is 16.5. The molecule has 0 aliphatic heterocycles. The van der Waals surface area contributed by atoms with Crippen LogP contribution in [0.2, 0.25) is 0 Å². The van der Waals surface area contributed by atoms with E-state index in [0.717, 1.165) is 18.5 Å². The van der Waals surface area contributed by atoms with Crippen molar-refractivity contribution in [2.45, 2.75) is 25.7 Å². The molecule has 1 saturated carbocycles. The largest absolute Gasteiger partial charge is 0.497 e. The SMILES string of the molecule is COc1cccc(N(C)C(=O)C2(C#N)CCCC2)c1. The van der Waals surface area contributed by atoms with Gasteiger partial charge in [0.15, 0.2) is 0 Å². The zero-order valence-electron chi connectivity index (χ0n) is 11.3. The maximum absolute atomic E-state index is 12.6. The minimum absolute atomic E-state index is 0.110. The molecule has 1 aromatic carbocycles. The number of nitriles is 1. The normalized spacial score (nSPS) is 16.7. The lowest BCUT2D eigenvalue weighted by Crippen LogP contribution is -2.39. The van der Waals surface area contributed by atoms with Crippen LogP contribution in [0.1, 0.15) is 25.7 Å². The van der Waals surface area contributed by atoms with Crippen LogP contribution in [0.15, 0.2) is 24.3 Å². The number of hydrogen-bond acceptors (Lipinski definition) is 3. The molecule has 0 spiro atoms. The summed E-state index contributed by atoms with van der Waals surface area (Å²) in [5, 5.41) is 9.36. The highest BCUT2D eigenvalue weighted by molar-refractivity contribution is 5.99. The topological polar surface area (TPSA) is 53.3 Å². The molecule has 0 heterocycles. The van der Waals surface area contributed by atoms with E-state index >= 15 is 0 Å². The van der Waals surface area contributed by atoms with Crippen molar-refractivity contribution in [1.29, 1.82) is 5.26 Å². The van der Waals surface area contributed by atoms with E-state index in [4.69, 9.17) is 4.74 Å². The third kappa shape index (κ3) is 2.41. The third-order valence-corrected chi connectivity index (χ3v) is 3.83. The Morgan fingerprint density at radius 2 is 2.11 bits per heavy atom. The molecular weight excluding hydrogens is 240 g/mol.